The van der Waals surface area contributed by atoms with Crippen molar-refractivity contribution in [3.63, 3.8) is 0 Å². The SMILES string of the molecule is COc1ccc(Cn2nc(-c3nc4ccccc4[nH]3)c3cc(-c4cncc(-c5cccc(CO)c5)c4C)ccc32)cc1.COc1ccc(Cn2nc(-c3nc4ccccc4[nH]3)c3cc(B4OC(C)(C)C(C)(C)O4)ccc32)cc1.Cc1c(Br)cncc1-c1cccc(CO)c1.Cc1c(Br)cncc1-c1cccc(CO)c1.Cc1c(Br)cncc1Br.OCc1cccc(B(O)O)c1. The van der Waals surface area contributed by atoms with Gasteiger partial charge in [-0.15, -0.1) is 0 Å². The lowest BCUT2D eigenvalue weighted by Gasteiger charge is -2.32. The summed E-state index contributed by atoms with van der Waals surface area (Å²) in [6, 6.07) is 75.1. The van der Waals surface area contributed by atoms with Crippen LogP contribution in [0.3, 0.4) is 0 Å². The van der Waals surface area contributed by atoms with E-state index in [2.05, 4.69) is 195 Å². The van der Waals surface area contributed by atoms with E-state index in [1.165, 1.54) is 5.56 Å². The number of H-pyrrole nitrogens is 2. The molecular formula is C102H96B2Br4N12O10. The van der Waals surface area contributed by atoms with Crippen LogP contribution in [0.15, 0.2) is 298 Å². The van der Waals surface area contributed by atoms with Gasteiger partial charge in [-0.1, -0.05) is 146 Å². The number of hydrogen-bond donors (Lipinski definition) is 8. The average molecular weight is 1990 g/mol. The number of ether oxygens (including phenoxy) is 2. The van der Waals surface area contributed by atoms with Crippen LogP contribution in [0.2, 0.25) is 0 Å². The van der Waals surface area contributed by atoms with Gasteiger partial charge in [0.15, 0.2) is 11.6 Å². The number of aromatic amines is 2. The zero-order valence-electron chi connectivity index (χ0n) is 73.3. The Labute approximate surface area is 788 Å². The average Bonchev–Trinajstić information content (AvgIpc) is 1.60. The Morgan fingerprint density at radius 2 is 0.746 bits per heavy atom. The zero-order chi connectivity index (χ0) is 91.9. The molecule has 0 bridgehead atoms. The van der Waals surface area contributed by atoms with E-state index >= 15 is 0 Å². The molecule has 0 atom stereocenters. The maximum Gasteiger partial charge on any atom is 0.494 e. The fourth-order valence-electron chi connectivity index (χ4n) is 14.7. The summed E-state index contributed by atoms with van der Waals surface area (Å²) in [5, 5.41) is 66.1. The fraction of sp³-hybridized carbons (Fsp3) is 0.176. The number of pyridine rings is 4. The van der Waals surface area contributed by atoms with Crippen LogP contribution in [0.1, 0.15) is 83.3 Å². The number of hydrogen-bond acceptors (Lipinski definition) is 18. The van der Waals surface area contributed by atoms with Crippen molar-refractivity contribution in [3.05, 3.63) is 354 Å². The summed E-state index contributed by atoms with van der Waals surface area (Å²) in [5.74, 6) is 3.13. The molecular weight excluding hydrogens is 1890 g/mol. The number of nitrogens with one attached hydrogen (secondary N) is 2. The highest BCUT2D eigenvalue weighted by molar-refractivity contribution is 9.11. The molecule has 1 aliphatic rings. The van der Waals surface area contributed by atoms with Crippen molar-refractivity contribution < 1.29 is 49.3 Å². The van der Waals surface area contributed by atoms with Crippen LogP contribution in [0, 0.1) is 27.7 Å². The molecule has 8 N–H and O–H groups in total. The first kappa shape index (κ1) is 94.1. The van der Waals surface area contributed by atoms with Crippen molar-refractivity contribution >= 4 is 133 Å². The molecule has 0 spiro atoms. The van der Waals surface area contributed by atoms with E-state index in [4.69, 9.17) is 64.3 Å². The van der Waals surface area contributed by atoms with Gasteiger partial charge in [0.1, 0.15) is 22.9 Å². The third-order valence-electron chi connectivity index (χ3n) is 22.9. The molecule has 0 unspecified atom stereocenters. The Morgan fingerprint density at radius 1 is 0.385 bits per heavy atom. The van der Waals surface area contributed by atoms with Crippen molar-refractivity contribution in [1.29, 1.82) is 0 Å². The quantitative estimate of drug-likeness (QED) is 0.0370. The van der Waals surface area contributed by atoms with E-state index in [0.717, 1.165) is 191 Å². The Kier molecular flexibility index (Phi) is 30.9. The molecule has 0 saturated carbocycles. The second-order valence-electron chi connectivity index (χ2n) is 32.0. The third-order valence-corrected chi connectivity index (χ3v) is 26.1. The fourth-order valence-corrected chi connectivity index (χ4v) is 16.3. The van der Waals surface area contributed by atoms with Gasteiger partial charge >= 0.3 is 14.2 Å². The first-order valence-corrected chi connectivity index (χ1v) is 45.0. The standard InChI is InChI=1S/C35H29N5O2.C28H29BN4O3.2C13H12BrNO.C7H9BO3.C6H5Br2N/c1-22-29(25-7-5-6-24(16-25)21-41)18-36-19-30(22)26-12-15-33-28(17-26)34(35-37-31-8-3-4-9-32(31)38-35)39-40(33)20-23-10-13-27(42-2)14-11-23;1-27(2)28(3,4)36-29(35-27)19-12-15-24-21(16-19)25(26-30-22-8-6-7-9-23(22)31-26)32-33(24)17-18-10-13-20(34-5)14-11-18;2*1-9-12(6-15-7-13(9)14)11-4-2-3-10(5-11)8-16;9-5-6-2-1-3-7(4-6)8(10)11;1-4-5(7)2-9-3-6(4)8/h3-19,41H,20-21H2,1-2H3,(H,37,38);6-16H,17H2,1-5H3,(H,30,31);2*2-7,16H,8H2,1H3;1-4,9-11H,5H2;2-3H,1H3. The molecule has 1 aliphatic heterocycles. The normalized spacial score (nSPS) is 12.4. The lowest BCUT2D eigenvalue weighted by atomic mass is 9.78. The lowest BCUT2D eigenvalue weighted by Crippen LogP contribution is -2.41. The Bertz CT molecular complexity index is 6790. The first-order valence-electron chi connectivity index (χ1n) is 41.8. The van der Waals surface area contributed by atoms with Crippen molar-refractivity contribution in [1.82, 2.24) is 59.4 Å². The maximum absolute atomic E-state index is 9.66. The Morgan fingerprint density at radius 3 is 1.15 bits per heavy atom. The van der Waals surface area contributed by atoms with E-state index in [-0.39, 0.29) is 26.4 Å². The predicted octanol–water partition coefficient (Wildman–Crippen LogP) is 20.5. The van der Waals surface area contributed by atoms with Crippen molar-refractivity contribution in [3.8, 4) is 79.0 Å². The minimum atomic E-state index is -1.46. The summed E-state index contributed by atoms with van der Waals surface area (Å²) < 4.78 is 31.5. The second-order valence-corrected chi connectivity index (χ2v) is 35.5. The molecule has 22 nitrogen and oxygen atoms in total. The monoisotopic (exact) mass is 1990 g/mol. The highest BCUT2D eigenvalue weighted by Gasteiger charge is 2.52. The van der Waals surface area contributed by atoms with Gasteiger partial charge in [0, 0.05) is 100 Å². The van der Waals surface area contributed by atoms with Gasteiger partial charge in [-0.3, -0.25) is 29.3 Å². The van der Waals surface area contributed by atoms with Gasteiger partial charge in [0.25, 0.3) is 0 Å². The van der Waals surface area contributed by atoms with Crippen LogP contribution >= 0.6 is 63.7 Å². The number of rotatable bonds is 18. The summed E-state index contributed by atoms with van der Waals surface area (Å²) in [7, 11) is 1.44. The predicted molar refractivity (Wildman–Crippen MR) is 532 cm³/mol. The zero-order valence-corrected chi connectivity index (χ0v) is 79.6. The number of para-hydroxylation sites is 4. The second kappa shape index (κ2) is 42.7. The number of benzene rings is 10. The van der Waals surface area contributed by atoms with Crippen LogP contribution < -0.4 is 20.4 Å². The van der Waals surface area contributed by atoms with Crippen LogP contribution in [0.25, 0.3) is 111 Å². The molecule has 0 amide bonds. The first-order chi connectivity index (χ1) is 62.7. The number of aliphatic hydroxyl groups excluding tert-OH is 4. The molecule has 0 aliphatic carbocycles. The molecule has 658 valence electrons. The van der Waals surface area contributed by atoms with Crippen molar-refractivity contribution in [2.24, 2.45) is 0 Å². The topological polar surface area (TPSA) is 303 Å². The summed E-state index contributed by atoms with van der Waals surface area (Å²) in [5.41, 5.74) is 26.7. The summed E-state index contributed by atoms with van der Waals surface area (Å²) in [4.78, 5) is 33.5. The molecule has 0 radical (unpaired) electrons. The van der Waals surface area contributed by atoms with Crippen LogP contribution in [-0.4, -0.2) is 130 Å². The molecule has 8 aromatic heterocycles. The molecule has 9 heterocycles. The van der Waals surface area contributed by atoms with E-state index in [0.29, 0.717) is 24.1 Å². The van der Waals surface area contributed by atoms with Crippen molar-refractivity contribution in [2.75, 3.05) is 14.2 Å². The van der Waals surface area contributed by atoms with Crippen LogP contribution in [0.4, 0.5) is 0 Å². The van der Waals surface area contributed by atoms with Gasteiger partial charge < -0.3 is 59.2 Å². The maximum atomic E-state index is 9.66. The van der Waals surface area contributed by atoms with E-state index < -0.39 is 25.4 Å². The largest absolute Gasteiger partial charge is 0.497 e. The van der Waals surface area contributed by atoms with Gasteiger partial charge in [-0.05, 0) is 293 Å². The number of methoxy groups -OCH3 is 2. The molecule has 18 aromatic rings. The van der Waals surface area contributed by atoms with Gasteiger partial charge in [-0.2, -0.15) is 10.2 Å². The number of imidazole rings is 2. The molecule has 19 rings (SSSR count). The van der Waals surface area contributed by atoms with Crippen LogP contribution in [-0.2, 0) is 48.8 Å². The summed E-state index contributed by atoms with van der Waals surface area (Å²) in [6.07, 6.45) is 14.6. The number of fused-ring (bicyclic) bond motifs is 4. The summed E-state index contributed by atoms with van der Waals surface area (Å²) >= 11 is 13.6. The van der Waals surface area contributed by atoms with E-state index in [1.807, 2.05) is 194 Å². The minimum absolute atomic E-state index is 0.00174. The lowest BCUT2D eigenvalue weighted by molar-refractivity contribution is 0.00578. The van der Waals surface area contributed by atoms with Crippen molar-refractivity contribution in [2.45, 2.75) is 106 Å². The van der Waals surface area contributed by atoms with Gasteiger partial charge in [0.2, 0.25) is 0 Å². The molecule has 130 heavy (non-hydrogen) atoms. The molecule has 28 heteroatoms. The number of aromatic nitrogens is 12. The highest BCUT2D eigenvalue weighted by Crippen LogP contribution is 2.40. The van der Waals surface area contributed by atoms with Gasteiger partial charge in [0.05, 0.1) is 98.0 Å². The number of nitrogens with zero attached hydrogens (tertiary/aromatic N) is 10. The molecule has 1 fully saturated rings. The molecule has 10 aromatic carbocycles. The smallest absolute Gasteiger partial charge is 0.494 e. The third kappa shape index (κ3) is 22.2. The molecule has 1 saturated heterocycles. The van der Waals surface area contributed by atoms with E-state index in [9.17, 15) is 5.11 Å². The highest BCUT2D eigenvalue weighted by atomic mass is 79.9. The number of halogens is 4. The Hall–Kier alpha value is -12.0. The Balaban J connectivity index is 0.000000138. The van der Waals surface area contributed by atoms with E-state index in [1.54, 1.807) is 63.3 Å². The minimum Gasteiger partial charge on any atom is -0.497 e. The summed E-state index contributed by atoms with van der Waals surface area (Å²) in [6.45, 7) is 17.8. The number of aliphatic hydroxyl groups is 4. The van der Waals surface area contributed by atoms with Crippen LogP contribution in [0.5, 0.6) is 11.5 Å². The van der Waals surface area contributed by atoms with Gasteiger partial charge in [-0.25, -0.2) is 9.97 Å².